The second kappa shape index (κ2) is 8.37. The van der Waals surface area contributed by atoms with Gasteiger partial charge in [0.15, 0.2) is 0 Å². The van der Waals surface area contributed by atoms with Gasteiger partial charge in [-0.25, -0.2) is 9.55 Å². The summed E-state index contributed by atoms with van der Waals surface area (Å²) in [6, 6.07) is 12.3. The lowest BCUT2D eigenvalue weighted by Crippen LogP contribution is -2.52. The first-order valence-corrected chi connectivity index (χ1v) is 11.2. The number of aryl methyl sites for hydroxylation is 1. The SMILES string of the molecule is CCc1nc(-c2ccc3c(c2)CN(C2CCC(=O)NC2=O)C3=O)c(-c2ccccc2)n1C(F)(F)F. The van der Waals surface area contributed by atoms with Crippen LogP contribution >= 0.6 is 0 Å². The third kappa shape index (κ3) is 3.88. The van der Waals surface area contributed by atoms with Crippen molar-refractivity contribution in [1.82, 2.24) is 19.8 Å². The van der Waals surface area contributed by atoms with Gasteiger partial charge in [-0.2, -0.15) is 0 Å². The summed E-state index contributed by atoms with van der Waals surface area (Å²) in [5.74, 6) is -1.36. The van der Waals surface area contributed by atoms with Crippen molar-refractivity contribution >= 4 is 17.7 Å². The van der Waals surface area contributed by atoms with Crippen LogP contribution in [0.5, 0.6) is 0 Å². The van der Waals surface area contributed by atoms with E-state index in [1.807, 2.05) is 0 Å². The maximum absolute atomic E-state index is 14.1. The largest absolute Gasteiger partial charge is 0.490 e. The minimum Gasteiger partial charge on any atom is -0.322 e. The Hall–Kier alpha value is -3.95. The number of carbonyl (C=O) groups is 3. The van der Waals surface area contributed by atoms with E-state index in [0.717, 1.165) is 0 Å². The first-order valence-electron chi connectivity index (χ1n) is 11.2. The van der Waals surface area contributed by atoms with E-state index in [9.17, 15) is 27.6 Å². The summed E-state index contributed by atoms with van der Waals surface area (Å²) < 4.78 is 42.6. The lowest BCUT2D eigenvalue weighted by molar-refractivity contribution is -0.204. The second-order valence-electron chi connectivity index (χ2n) is 8.52. The summed E-state index contributed by atoms with van der Waals surface area (Å²) in [7, 11) is 0. The fraction of sp³-hybridized carbons (Fsp3) is 0.280. The van der Waals surface area contributed by atoms with Gasteiger partial charge < -0.3 is 4.90 Å². The molecular weight excluding hydrogens is 461 g/mol. The van der Waals surface area contributed by atoms with Crippen LogP contribution in [-0.2, 0) is 28.9 Å². The molecule has 1 atom stereocenters. The zero-order valence-electron chi connectivity index (χ0n) is 18.7. The topological polar surface area (TPSA) is 84.3 Å². The number of imidazole rings is 1. The molecule has 2 aliphatic rings. The standard InChI is InChI=1S/C25H21F3N4O3/c1-2-19-29-21(22(32(19)25(26,27)28)14-6-4-3-5-7-14)15-8-9-17-16(12-15)13-31(24(17)35)18-10-11-20(33)30-23(18)34/h3-9,12,18H,2,10-11,13H2,1H3,(H,30,33,34). The molecule has 0 radical (unpaired) electrons. The van der Waals surface area contributed by atoms with Crippen LogP contribution in [0.4, 0.5) is 13.2 Å². The van der Waals surface area contributed by atoms with E-state index >= 15 is 0 Å². The predicted molar refractivity (Wildman–Crippen MR) is 120 cm³/mol. The maximum atomic E-state index is 14.1. The molecule has 180 valence electrons. The Morgan fingerprint density at radius 1 is 1.06 bits per heavy atom. The fourth-order valence-electron chi connectivity index (χ4n) is 4.76. The fourth-order valence-corrected chi connectivity index (χ4v) is 4.76. The summed E-state index contributed by atoms with van der Waals surface area (Å²) in [4.78, 5) is 42.5. The van der Waals surface area contributed by atoms with Gasteiger partial charge in [0.2, 0.25) is 11.8 Å². The molecule has 0 spiro atoms. The van der Waals surface area contributed by atoms with E-state index in [2.05, 4.69) is 10.3 Å². The van der Waals surface area contributed by atoms with Crippen LogP contribution in [-0.4, -0.2) is 38.2 Å². The van der Waals surface area contributed by atoms with Gasteiger partial charge in [0, 0.05) is 36.1 Å². The average molecular weight is 482 g/mol. The van der Waals surface area contributed by atoms with Crippen LogP contribution in [0.1, 0.15) is 41.5 Å². The Kier molecular flexibility index (Phi) is 5.46. The maximum Gasteiger partial charge on any atom is 0.490 e. The number of nitrogens with zero attached hydrogens (tertiary/aromatic N) is 3. The number of imide groups is 1. The van der Waals surface area contributed by atoms with Gasteiger partial charge in [-0.1, -0.05) is 43.3 Å². The molecule has 0 saturated carbocycles. The number of hydrogen-bond acceptors (Lipinski definition) is 4. The number of benzene rings is 2. The molecule has 10 heteroatoms. The van der Waals surface area contributed by atoms with Crippen LogP contribution in [0.2, 0.25) is 0 Å². The van der Waals surface area contributed by atoms with E-state index in [1.54, 1.807) is 55.5 Å². The number of carbonyl (C=O) groups excluding carboxylic acids is 3. The van der Waals surface area contributed by atoms with Crippen molar-refractivity contribution in [1.29, 1.82) is 0 Å². The van der Waals surface area contributed by atoms with Crippen molar-refractivity contribution in [3.63, 3.8) is 0 Å². The number of amides is 3. The quantitative estimate of drug-likeness (QED) is 0.570. The number of alkyl halides is 3. The number of halogens is 3. The summed E-state index contributed by atoms with van der Waals surface area (Å²) in [6.45, 7) is 1.73. The lowest BCUT2D eigenvalue weighted by Gasteiger charge is -2.29. The third-order valence-corrected chi connectivity index (χ3v) is 6.36. The van der Waals surface area contributed by atoms with E-state index in [4.69, 9.17) is 0 Å². The first kappa shape index (κ1) is 22.8. The molecule has 35 heavy (non-hydrogen) atoms. The molecule has 3 aromatic rings. The molecule has 1 saturated heterocycles. The van der Waals surface area contributed by atoms with Crippen molar-refractivity contribution in [2.24, 2.45) is 0 Å². The smallest absolute Gasteiger partial charge is 0.322 e. The van der Waals surface area contributed by atoms with Crippen molar-refractivity contribution in [3.8, 4) is 22.5 Å². The molecule has 0 bridgehead atoms. The van der Waals surface area contributed by atoms with Gasteiger partial charge in [-0.3, -0.25) is 19.7 Å². The van der Waals surface area contributed by atoms with E-state index in [0.29, 0.717) is 26.8 Å². The molecule has 7 nitrogen and oxygen atoms in total. The molecule has 1 aromatic heterocycles. The van der Waals surface area contributed by atoms with E-state index < -0.39 is 18.2 Å². The minimum absolute atomic E-state index is 0.0683. The Morgan fingerprint density at radius 2 is 1.80 bits per heavy atom. The highest BCUT2D eigenvalue weighted by atomic mass is 19.4. The van der Waals surface area contributed by atoms with Crippen LogP contribution in [0.3, 0.4) is 0 Å². The summed E-state index contributed by atoms with van der Waals surface area (Å²) in [5, 5.41) is 2.25. The minimum atomic E-state index is -4.67. The number of aromatic nitrogens is 2. The molecule has 3 heterocycles. The predicted octanol–water partition coefficient (Wildman–Crippen LogP) is 4.02. The van der Waals surface area contributed by atoms with Crippen molar-refractivity contribution in [3.05, 3.63) is 65.5 Å². The number of nitrogens with one attached hydrogen (secondary N) is 1. The zero-order chi connectivity index (χ0) is 24.9. The highest BCUT2D eigenvalue weighted by Gasteiger charge is 2.40. The number of fused-ring (bicyclic) bond motifs is 1. The molecule has 1 fully saturated rings. The highest BCUT2D eigenvalue weighted by molar-refractivity contribution is 6.05. The molecule has 1 N–H and O–H groups in total. The van der Waals surface area contributed by atoms with E-state index in [-0.39, 0.29) is 54.8 Å². The van der Waals surface area contributed by atoms with Crippen molar-refractivity contribution in [2.75, 3.05) is 0 Å². The molecule has 2 aliphatic heterocycles. The van der Waals surface area contributed by atoms with Crippen LogP contribution in [0, 0.1) is 0 Å². The monoisotopic (exact) mass is 482 g/mol. The number of rotatable bonds is 4. The molecule has 1 unspecified atom stereocenters. The molecule has 2 aromatic carbocycles. The Balaban J connectivity index is 1.59. The first-order chi connectivity index (χ1) is 16.7. The van der Waals surface area contributed by atoms with Crippen molar-refractivity contribution < 1.29 is 27.6 Å². The average Bonchev–Trinajstić information content (AvgIpc) is 3.38. The van der Waals surface area contributed by atoms with Crippen LogP contribution in [0.25, 0.3) is 22.5 Å². The van der Waals surface area contributed by atoms with Gasteiger partial charge in [0.1, 0.15) is 11.9 Å². The molecule has 3 amide bonds. The second-order valence-corrected chi connectivity index (χ2v) is 8.52. The van der Waals surface area contributed by atoms with Crippen molar-refractivity contribution in [2.45, 2.75) is 45.1 Å². The van der Waals surface area contributed by atoms with Gasteiger partial charge in [0.05, 0.1) is 11.4 Å². The molecular formula is C25H21F3N4O3. The van der Waals surface area contributed by atoms with E-state index in [1.165, 1.54) is 4.90 Å². The summed E-state index contributed by atoms with van der Waals surface area (Å²) in [6.07, 6.45) is -4.23. The van der Waals surface area contributed by atoms with Crippen LogP contribution < -0.4 is 5.32 Å². The zero-order valence-corrected chi connectivity index (χ0v) is 18.7. The molecule has 0 aliphatic carbocycles. The normalized spacial score (nSPS) is 18.1. The summed E-state index contributed by atoms with van der Waals surface area (Å²) >= 11 is 0. The van der Waals surface area contributed by atoms with Crippen LogP contribution in [0.15, 0.2) is 48.5 Å². The number of piperidine rings is 1. The van der Waals surface area contributed by atoms with Gasteiger partial charge in [-0.05, 0) is 24.1 Å². The van der Waals surface area contributed by atoms with Gasteiger partial charge >= 0.3 is 6.30 Å². The Labute approximate surface area is 198 Å². The Morgan fingerprint density at radius 3 is 2.46 bits per heavy atom. The van der Waals surface area contributed by atoms with Gasteiger partial charge in [-0.15, -0.1) is 13.2 Å². The third-order valence-electron chi connectivity index (χ3n) is 6.36. The summed E-state index contributed by atoms with van der Waals surface area (Å²) in [5.41, 5.74) is 1.88. The lowest BCUT2D eigenvalue weighted by atomic mass is 10.0. The molecule has 5 rings (SSSR count). The number of hydrogen-bond donors (Lipinski definition) is 1. The van der Waals surface area contributed by atoms with Gasteiger partial charge in [0.25, 0.3) is 5.91 Å². The highest BCUT2D eigenvalue weighted by Crippen LogP contribution is 2.40. The Bertz CT molecular complexity index is 1350.